The van der Waals surface area contributed by atoms with Gasteiger partial charge >= 0.3 is 0 Å². The van der Waals surface area contributed by atoms with Crippen molar-refractivity contribution in [1.82, 2.24) is 15.5 Å². The highest BCUT2D eigenvalue weighted by Crippen LogP contribution is 2.20. The van der Waals surface area contributed by atoms with Crippen LogP contribution in [-0.4, -0.2) is 50.1 Å². The van der Waals surface area contributed by atoms with Crippen LogP contribution in [0.2, 0.25) is 0 Å². The van der Waals surface area contributed by atoms with Crippen LogP contribution in [0.15, 0.2) is 4.99 Å². The Morgan fingerprint density at radius 2 is 1.77 bits per heavy atom. The van der Waals surface area contributed by atoms with Crippen LogP contribution in [0.5, 0.6) is 0 Å². The molecule has 2 N–H and O–H groups in total. The SMILES string of the molecule is CCCN=C(NCC)NCCCCN1CC(C)CC(C)C1.I. The average molecular weight is 424 g/mol. The Morgan fingerprint density at radius 1 is 1.09 bits per heavy atom. The van der Waals surface area contributed by atoms with Gasteiger partial charge in [-0.3, -0.25) is 4.99 Å². The molecular weight excluding hydrogens is 387 g/mol. The van der Waals surface area contributed by atoms with E-state index in [2.05, 4.69) is 48.2 Å². The molecule has 0 aromatic rings. The second kappa shape index (κ2) is 13.4. The zero-order chi connectivity index (χ0) is 15.5. The largest absolute Gasteiger partial charge is 0.357 e. The highest BCUT2D eigenvalue weighted by atomic mass is 127. The van der Waals surface area contributed by atoms with E-state index in [0.29, 0.717) is 0 Å². The van der Waals surface area contributed by atoms with Crippen molar-refractivity contribution in [2.24, 2.45) is 16.8 Å². The van der Waals surface area contributed by atoms with E-state index in [0.717, 1.165) is 43.9 Å². The fourth-order valence-corrected chi connectivity index (χ4v) is 3.21. The predicted molar refractivity (Wildman–Crippen MR) is 108 cm³/mol. The summed E-state index contributed by atoms with van der Waals surface area (Å²) >= 11 is 0. The predicted octanol–water partition coefficient (Wildman–Crippen LogP) is 3.33. The number of nitrogens with one attached hydrogen (secondary N) is 2. The van der Waals surface area contributed by atoms with Crippen molar-refractivity contribution in [1.29, 1.82) is 0 Å². The molecule has 1 aliphatic heterocycles. The van der Waals surface area contributed by atoms with Gasteiger partial charge in [0.2, 0.25) is 0 Å². The molecule has 0 spiro atoms. The Balaban J connectivity index is 0.00000441. The van der Waals surface area contributed by atoms with Crippen LogP contribution in [0.1, 0.15) is 53.4 Å². The van der Waals surface area contributed by atoms with E-state index < -0.39 is 0 Å². The Hall–Kier alpha value is -0.0400. The molecule has 0 aromatic heterocycles. The molecule has 4 nitrogen and oxygen atoms in total. The van der Waals surface area contributed by atoms with Gasteiger partial charge in [-0.15, -0.1) is 24.0 Å². The number of piperidine rings is 1. The van der Waals surface area contributed by atoms with Crippen molar-refractivity contribution in [3.63, 3.8) is 0 Å². The summed E-state index contributed by atoms with van der Waals surface area (Å²) in [6, 6.07) is 0. The number of guanidine groups is 1. The van der Waals surface area contributed by atoms with Crippen molar-refractivity contribution in [3.8, 4) is 0 Å². The molecular formula is C17H37IN4. The molecule has 0 aromatic carbocycles. The summed E-state index contributed by atoms with van der Waals surface area (Å²) in [5.41, 5.74) is 0. The van der Waals surface area contributed by atoms with Gasteiger partial charge < -0.3 is 15.5 Å². The third-order valence-electron chi connectivity index (χ3n) is 3.98. The summed E-state index contributed by atoms with van der Waals surface area (Å²) in [5, 5.41) is 6.73. The van der Waals surface area contributed by atoms with E-state index in [9.17, 15) is 0 Å². The molecule has 0 saturated carbocycles. The summed E-state index contributed by atoms with van der Waals surface area (Å²) < 4.78 is 0. The minimum atomic E-state index is 0. The number of aliphatic imine (C=N–C) groups is 1. The van der Waals surface area contributed by atoms with E-state index in [1.807, 2.05) is 0 Å². The Labute approximate surface area is 154 Å². The van der Waals surface area contributed by atoms with Crippen LogP contribution in [0, 0.1) is 11.8 Å². The molecule has 0 bridgehead atoms. The van der Waals surface area contributed by atoms with Gasteiger partial charge in [-0.1, -0.05) is 20.8 Å². The summed E-state index contributed by atoms with van der Waals surface area (Å²) in [5.74, 6) is 2.71. The van der Waals surface area contributed by atoms with Gasteiger partial charge in [-0.2, -0.15) is 0 Å². The Morgan fingerprint density at radius 3 is 2.36 bits per heavy atom. The molecule has 5 heteroatoms. The average Bonchev–Trinajstić information content (AvgIpc) is 2.43. The smallest absolute Gasteiger partial charge is 0.191 e. The summed E-state index contributed by atoms with van der Waals surface area (Å²) in [6.45, 7) is 15.7. The quantitative estimate of drug-likeness (QED) is 0.272. The first kappa shape index (κ1) is 22.0. The number of halogens is 1. The first-order chi connectivity index (χ1) is 10.2. The number of hydrogen-bond donors (Lipinski definition) is 2. The number of rotatable bonds is 8. The topological polar surface area (TPSA) is 39.7 Å². The molecule has 1 heterocycles. The first-order valence-corrected chi connectivity index (χ1v) is 8.90. The number of nitrogens with zero attached hydrogens (tertiary/aromatic N) is 2. The second-order valence-electron chi connectivity index (χ2n) is 6.60. The van der Waals surface area contributed by atoms with Gasteiger partial charge in [0, 0.05) is 32.7 Å². The minimum Gasteiger partial charge on any atom is -0.357 e. The normalized spacial score (nSPS) is 23.0. The molecule has 1 saturated heterocycles. The Bertz CT molecular complexity index is 286. The van der Waals surface area contributed by atoms with Crippen molar-refractivity contribution in [2.45, 2.75) is 53.4 Å². The zero-order valence-corrected chi connectivity index (χ0v) is 17.4. The third-order valence-corrected chi connectivity index (χ3v) is 3.98. The van der Waals surface area contributed by atoms with E-state index >= 15 is 0 Å². The molecule has 1 rings (SSSR count). The molecule has 1 aliphatic rings. The van der Waals surface area contributed by atoms with Gasteiger partial charge in [0.15, 0.2) is 5.96 Å². The molecule has 22 heavy (non-hydrogen) atoms. The lowest BCUT2D eigenvalue weighted by atomic mass is 9.92. The number of likely N-dealkylation sites (tertiary alicyclic amines) is 1. The van der Waals surface area contributed by atoms with Crippen LogP contribution in [0.3, 0.4) is 0 Å². The third kappa shape index (κ3) is 9.87. The molecule has 0 radical (unpaired) electrons. The van der Waals surface area contributed by atoms with Crippen LogP contribution in [0.4, 0.5) is 0 Å². The lowest BCUT2D eigenvalue weighted by Crippen LogP contribution is -2.40. The molecule has 2 atom stereocenters. The maximum Gasteiger partial charge on any atom is 0.191 e. The molecule has 0 aliphatic carbocycles. The summed E-state index contributed by atoms with van der Waals surface area (Å²) in [7, 11) is 0. The number of hydrogen-bond acceptors (Lipinski definition) is 2. The van der Waals surface area contributed by atoms with Crippen molar-refractivity contribution in [3.05, 3.63) is 0 Å². The van der Waals surface area contributed by atoms with Gasteiger partial charge in [0.1, 0.15) is 0 Å². The van der Waals surface area contributed by atoms with E-state index in [1.165, 1.54) is 38.9 Å². The summed E-state index contributed by atoms with van der Waals surface area (Å²) in [6.07, 6.45) is 5.00. The van der Waals surface area contributed by atoms with Crippen LogP contribution < -0.4 is 10.6 Å². The summed E-state index contributed by atoms with van der Waals surface area (Å²) in [4.78, 5) is 7.17. The molecule has 1 fully saturated rings. The number of unbranched alkanes of at least 4 members (excludes halogenated alkanes) is 1. The molecule has 0 amide bonds. The van der Waals surface area contributed by atoms with Crippen LogP contribution >= 0.6 is 24.0 Å². The lowest BCUT2D eigenvalue weighted by Gasteiger charge is -2.34. The monoisotopic (exact) mass is 424 g/mol. The first-order valence-electron chi connectivity index (χ1n) is 8.90. The van der Waals surface area contributed by atoms with Crippen LogP contribution in [0.25, 0.3) is 0 Å². The maximum absolute atomic E-state index is 4.52. The maximum atomic E-state index is 4.52. The fourth-order valence-electron chi connectivity index (χ4n) is 3.21. The van der Waals surface area contributed by atoms with Gasteiger partial charge in [0.25, 0.3) is 0 Å². The molecule has 132 valence electrons. The van der Waals surface area contributed by atoms with Gasteiger partial charge in [0.05, 0.1) is 0 Å². The van der Waals surface area contributed by atoms with Crippen molar-refractivity contribution in [2.75, 3.05) is 39.3 Å². The highest BCUT2D eigenvalue weighted by Gasteiger charge is 2.20. The van der Waals surface area contributed by atoms with Crippen molar-refractivity contribution < 1.29 is 0 Å². The van der Waals surface area contributed by atoms with Crippen molar-refractivity contribution >= 4 is 29.9 Å². The van der Waals surface area contributed by atoms with E-state index in [1.54, 1.807) is 0 Å². The van der Waals surface area contributed by atoms with Gasteiger partial charge in [-0.25, -0.2) is 0 Å². The lowest BCUT2D eigenvalue weighted by molar-refractivity contribution is 0.139. The Kier molecular flexibility index (Phi) is 13.4. The zero-order valence-electron chi connectivity index (χ0n) is 15.0. The van der Waals surface area contributed by atoms with Crippen LogP contribution in [-0.2, 0) is 0 Å². The van der Waals surface area contributed by atoms with Gasteiger partial charge in [-0.05, 0) is 51.0 Å². The minimum absolute atomic E-state index is 0. The fraction of sp³-hybridized carbons (Fsp3) is 0.941. The standard InChI is InChI=1S/C17H36N4.HI/c1-5-9-19-17(18-6-2)20-10-7-8-11-21-13-15(3)12-16(4)14-21;/h15-16H,5-14H2,1-4H3,(H2,18,19,20);1H. The van der Waals surface area contributed by atoms with E-state index in [4.69, 9.17) is 0 Å². The second-order valence-corrected chi connectivity index (χ2v) is 6.60. The van der Waals surface area contributed by atoms with E-state index in [-0.39, 0.29) is 24.0 Å². The highest BCUT2D eigenvalue weighted by molar-refractivity contribution is 14.0. The molecule has 2 unspecified atom stereocenters.